The Morgan fingerprint density at radius 1 is 1.50 bits per heavy atom. The summed E-state index contributed by atoms with van der Waals surface area (Å²) in [5.41, 5.74) is 1.92. The van der Waals surface area contributed by atoms with Crippen LogP contribution in [0.1, 0.15) is 25.8 Å². The van der Waals surface area contributed by atoms with Crippen LogP contribution in [0.3, 0.4) is 0 Å². The van der Waals surface area contributed by atoms with Gasteiger partial charge in [-0.3, -0.25) is 0 Å². The maximum Gasteiger partial charge on any atom is 0.0992 e. The molecule has 0 amide bonds. The van der Waals surface area contributed by atoms with Crippen molar-refractivity contribution in [2.45, 2.75) is 20.3 Å². The standard InChI is InChI=1S/C15H20N2O/c1-15(2)11-17(7-6-13(15)10-18)14-5-3-4-12(8-14)9-16/h3-5,8,13,18H,6-7,10-11H2,1-2H3. The van der Waals surface area contributed by atoms with E-state index >= 15 is 0 Å². The predicted octanol–water partition coefficient (Wildman–Crippen LogP) is 2.40. The first-order valence-corrected chi connectivity index (χ1v) is 6.43. The molecule has 1 aromatic carbocycles. The first kappa shape index (κ1) is 12.9. The molecular formula is C15H20N2O. The van der Waals surface area contributed by atoms with E-state index < -0.39 is 0 Å². The summed E-state index contributed by atoms with van der Waals surface area (Å²) < 4.78 is 0. The molecule has 1 fully saturated rings. The molecule has 3 heteroatoms. The number of aliphatic hydroxyl groups excluding tert-OH is 1. The summed E-state index contributed by atoms with van der Waals surface area (Å²) in [4.78, 5) is 2.31. The summed E-state index contributed by atoms with van der Waals surface area (Å²) in [6.07, 6.45) is 1.00. The Kier molecular flexibility index (Phi) is 3.58. The summed E-state index contributed by atoms with van der Waals surface area (Å²) in [5.74, 6) is 0.368. The molecule has 1 heterocycles. The van der Waals surface area contributed by atoms with Crippen LogP contribution in [0.2, 0.25) is 0 Å². The first-order chi connectivity index (χ1) is 8.56. The Bertz CT molecular complexity index is 462. The highest BCUT2D eigenvalue weighted by Gasteiger charge is 2.35. The number of hydrogen-bond donors (Lipinski definition) is 1. The highest BCUT2D eigenvalue weighted by molar-refractivity contribution is 5.52. The van der Waals surface area contributed by atoms with E-state index in [0.29, 0.717) is 11.5 Å². The first-order valence-electron chi connectivity index (χ1n) is 6.43. The second kappa shape index (κ2) is 4.99. The molecule has 1 atom stereocenters. The Balaban J connectivity index is 2.18. The molecule has 96 valence electrons. The van der Waals surface area contributed by atoms with Crippen molar-refractivity contribution in [1.29, 1.82) is 5.26 Å². The molecule has 0 aliphatic carbocycles. The van der Waals surface area contributed by atoms with E-state index in [1.807, 2.05) is 18.2 Å². The van der Waals surface area contributed by atoms with Gasteiger partial charge in [-0.2, -0.15) is 5.26 Å². The second-order valence-corrected chi connectivity index (χ2v) is 5.74. The van der Waals surface area contributed by atoms with Crippen LogP contribution >= 0.6 is 0 Å². The molecule has 1 aromatic rings. The van der Waals surface area contributed by atoms with Crippen LogP contribution in [-0.4, -0.2) is 24.8 Å². The summed E-state index contributed by atoms with van der Waals surface area (Å²) in [6, 6.07) is 9.93. The number of benzene rings is 1. The van der Waals surface area contributed by atoms with E-state index in [1.54, 1.807) is 0 Å². The smallest absolute Gasteiger partial charge is 0.0992 e. The van der Waals surface area contributed by atoms with Crippen molar-refractivity contribution in [3.05, 3.63) is 29.8 Å². The molecule has 1 aliphatic heterocycles. The lowest BCUT2D eigenvalue weighted by molar-refractivity contribution is 0.0972. The molecule has 1 aliphatic rings. The summed E-state index contributed by atoms with van der Waals surface area (Å²) in [5, 5.41) is 18.3. The minimum atomic E-state index is 0.107. The van der Waals surface area contributed by atoms with Crippen LogP contribution in [0.4, 0.5) is 5.69 Å². The third-order valence-electron chi connectivity index (χ3n) is 4.01. The van der Waals surface area contributed by atoms with Crippen LogP contribution < -0.4 is 4.90 Å². The molecule has 0 bridgehead atoms. The van der Waals surface area contributed by atoms with E-state index in [2.05, 4.69) is 30.9 Å². The number of aliphatic hydroxyl groups is 1. The van der Waals surface area contributed by atoms with Crippen LogP contribution in [0.15, 0.2) is 24.3 Å². The van der Waals surface area contributed by atoms with Crippen LogP contribution in [0.5, 0.6) is 0 Å². The molecule has 0 aromatic heterocycles. The number of anilines is 1. The lowest BCUT2D eigenvalue weighted by atomic mass is 9.74. The van der Waals surface area contributed by atoms with E-state index in [0.717, 1.165) is 25.2 Å². The fourth-order valence-corrected chi connectivity index (χ4v) is 2.73. The predicted molar refractivity (Wildman–Crippen MR) is 72.3 cm³/mol. The molecule has 0 spiro atoms. The summed E-state index contributed by atoms with van der Waals surface area (Å²) >= 11 is 0. The van der Waals surface area contributed by atoms with E-state index in [9.17, 15) is 5.11 Å². The SMILES string of the molecule is CC1(C)CN(c2cccc(C#N)c2)CCC1CO. The van der Waals surface area contributed by atoms with Gasteiger partial charge in [0.25, 0.3) is 0 Å². The monoisotopic (exact) mass is 244 g/mol. The molecule has 2 rings (SSSR count). The summed E-state index contributed by atoms with van der Waals surface area (Å²) in [7, 11) is 0. The van der Waals surface area contributed by atoms with Gasteiger partial charge in [0.1, 0.15) is 0 Å². The zero-order valence-corrected chi connectivity index (χ0v) is 11.1. The Morgan fingerprint density at radius 2 is 2.28 bits per heavy atom. The Labute approximate surface area is 109 Å². The van der Waals surface area contributed by atoms with Gasteiger partial charge in [0.15, 0.2) is 0 Å². The fraction of sp³-hybridized carbons (Fsp3) is 0.533. The molecule has 1 N–H and O–H groups in total. The molecule has 18 heavy (non-hydrogen) atoms. The van der Waals surface area contributed by atoms with Gasteiger partial charge in [0.05, 0.1) is 11.6 Å². The minimum Gasteiger partial charge on any atom is -0.396 e. The van der Waals surface area contributed by atoms with Crippen LogP contribution in [0.25, 0.3) is 0 Å². The molecular weight excluding hydrogens is 224 g/mol. The van der Waals surface area contributed by atoms with Crippen LogP contribution in [0, 0.1) is 22.7 Å². The van der Waals surface area contributed by atoms with Gasteiger partial charge in [-0.15, -0.1) is 0 Å². The van der Waals surface area contributed by atoms with Crippen molar-refractivity contribution in [2.24, 2.45) is 11.3 Å². The van der Waals surface area contributed by atoms with Gasteiger partial charge in [-0.05, 0) is 36.0 Å². The number of piperidine rings is 1. The topological polar surface area (TPSA) is 47.3 Å². The molecule has 1 saturated heterocycles. The van der Waals surface area contributed by atoms with Crippen molar-refractivity contribution in [3.63, 3.8) is 0 Å². The van der Waals surface area contributed by atoms with Gasteiger partial charge in [0, 0.05) is 25.4 Å². The van der Waals surface area contributed by atoms with E-state index in [4.69, 9.17) is 5.26 Å². The van der Waals surface area contributed by atoms with E-state index in [-0.39, 0.29) is 12.0 Å². The Morgan fingerprint density at radius 3 is 2.89 bits per heavy atom. The van der Waals surface area contributed by atoms with Crippen molar-refractivity contribution in [3.8, 4) is 6.07 Å². The quantitative estimate of drug-likeness (QED) is 0.869. The van der Waals surface area contributed by atoms with Gasteiger partial charge in [0.2, 0.25) is 0 Å². The van der Waals surface area contributed by atoms with E-state index in [1.165, 1.54) is 0 Å². The lowest BCUT2D eigenvalue weighted by Crippen LogP contribution is -2.47. The number of nitriles is 1. The molecule has 3 nitrogen and oxygen atoms in total. The average Bonchev–Trinajstić information content (AvgIpc) is 2.37. The number of nitrogens with zero attached hydrogens (tertiary/aromatic N) is 2. The zero-order valence-electron chi connectivity index (χ0n) is 11.1. The maximum absolute atomic E-state index is 9.40. The van der Waals surface area contributed by atoms with Gasteiger partial charge in [-0.1, -0.05) is 19.9 Å². The van der Waals surface area contributed by atoms with Gasteiger partial charge >= 0.3 is 0 Å². The molecule has 0 radical (unpaired) electrons. The third kappa shape index (κ3) is 2.49. The highest BCUT2D eigenvalue weighted by atomic mass is 16.3. The van der Waals surface area contributed by atoms with Crippen LogP contribution in [-0.2, 0) is 0 Å². The maximum atomic E-state index is 9.40. The normalized spacial score (nSPS) is 22.6. The minimum absolute atomic E-state index is 0.107. The summed E-state index contributed by atoms with van der Waals surface area (Å²) in [6.45, 7) is 6.54. The second-order valence-electron chi connectivity index (χ2n) is 5.74. The largest absolute Gasteiger partial charge is 0.396 e. The number of hydrogen-bond acceptors (Lipinski definition) is 3. The fourth-order valence-electron chi connectivity index (χ4n) is 2.73. The highest BCUT2D eigenvalue weighted by Crippen LogP contribution is 2.36. The third-order valence-corrected chi connectivity index (χ3v) is 4.01. The van der Waals surface area contributed by atoms with Crippen molar-refractivity contribution in [1.82, 2.24) is 0 Å². The zero-order chi connectivity index (χ0) is 13.2. The molecule has 0 saturated carbocycles. The van der Waals surface area contributed by atoms with Crippen molar-refractivity contribution < 1.29 is 5.11 Å². The molecule has 1 unspecified atom stereocenters. The lowest BCUT2D eigenvalue weighted by Gasteiger charge is -2.44. The Hall–Kier alpha value is -1.53. The number of rotatable bonds is 2. The van der Waals surface area contributed by atoms with Gasteiger partial charge in [-0.25, -0.2) is 0 Å². The average molecular weight is 244 g/mol. The van der Waals surface area contributed by atoms with Crippen molar-refractivity contribution in [2.75, 3.05) is 24.6 Å². The van der Waals surface area contributed by atoms with Crippen molar-refractivity contribution >= 4 is 5.69 Å². The van der Waals surface area contributed by atoms with Gasteiger partial charge < -0.3 is 10.0 Å².